The van der Waals surface area contributed by atoms with Gasteiger partial charge in [0.25, 0.3) is 0 Å². The molecule has 3 aliphatic rings. The van der Waals surface area contributed by atoms with Gasteiger partial charge < -0.3 is 14.9 Å². The third-order valence-corrected chi connectivity index (χ3v) is 6.10. The summed E-state index contributed by atoms with van der Waals surface area (Å²) in [7, 11) is 0. The molecule has 3 heterocycles. The molecule has 0 bridgehead atoms. The van der Waals surface area contributed by atoms with Crippen LogP contribution in [0.5, 0.6) is 0 Å². The Kier molecular flexibility index (Phi) is 4.09. The van der Waals surface area contributed by atoms with Crippen molar-refractivity contribution in [2.45, 2.75) is 38.5 Å². The van der Waals surface area contributed by atoms with Gasteiger partial charge >= 0.3 is 5.97 Å². The van der Waals surface area contributed by atoms with E-state index in [9.17, 15) is 9.59 Å². The molecule has 1 amide bonds. The first-order valence-corrected chi connectivity index (χ1v) is 9.18. The summed E-state index contributed by atoms with van der Waals surface area (Å²) in [5.41, 5.74) is 0.158. The van der Waals surface area contributed by atoms with Gasteiger partial charge in [-0.2, -0.15) is 0 Å². The maximum Gasteiger partial charge on any atom is 0.356 e. The normalized spacial score (nSPS) is 25.0. The number of carbonyl (C=O) groups is 2. The van der Waals surface area contributed by atoms with E-state index in [4.69, 9.17) is 5.11 Å². The quantitative estimate of drug-likeness (QED) is 0.900. The Morgan fingerprint density at radius 2 is 1.76 bits per heavy atom. The summed E-state index contributed by atoms with van der Waals surface area (Å²) >= 11 is 0. The molecule has 134 valence electrons. The van der Waals surface area contributed by atoms with Gasteiger partial charge in [-0.1, -0.05) is 0 Å². The second kappa shape index (κ2) is 6.28. The number of rotatable bonds is 3. The van der Waals surface area contributed by atoms with Gasteiger partial charge in [-0.25, -0.2) is 14.8 Å². The number of amides is 1. The number of hydrogen-bond acceptors (Lipinski definition) is 5. The van der Waals surface area contributed by atoms with E-state index < -0.39 is 5.97 Å². The third kappa shape index (κ3) is 3.07. The first-order valence-electron chi connectivity index (χ1n) is 9.18. The second-order valence-electron chi connectivity index (χ2n) is 7.56. The number of hydrogen-bond donors (Lipinski definition) is 1. The maximum atomic E-state index is 12.7. The third-order valence-electron chi connectivity index (χ3n) is 6.10. The monoisotopic (exact) mass is 344 g/mol. The topological polar surface area (TPSA) is 86.6 Å². The number of carboxylic acids is 1. The second-order valence-corrected chi connectivity index (χ2v) is 7.56. The molecule has 25 heavy (non-hydrogen) atoms. The van der Waals surface area contributed by atoms with Gasteiger partial charge in [0.1, 0.15) is 5.82 Å². The summed E-state index contributed by atoms with van der Waals surface area (Å²) < 4.78 is 0. The molecule has 1 atom stereocenters. The molecule has 1 unspecified atom stereocenters. The molecule has 1 spiro atoms. The van der Waals surface area contributed by atoms with Crippen molar-refractivity contribution < 1.29 is 14.7 Å². The van der Waals surface area contributed by atoms with Crippen LogP contribution in [0.4, 0.5) is 5.82 Å². The number of aromatic carboxylic acids is 1. The van der Waals surface area contributed by atoms with E-state index in [1.54, 1.807) is 0 Å². The van der Waals surface area contributed by atoms with E-state index in [0.717, 1.165) is 64.1 Å². The minimum Gasteiger partial charge on any atom is -0.476 e. The summed E-state index contributed by atoms with van der Waals surface area (Å²) in [6.07, 6.45) is 9.40. The van der Waals surface area contributed by atoms with E-state index in [-0.39, 0.29) is 17.0 Å². The number of nitrogens with zero attached hydrogens (tertiary/aromatic N) is 4. The van der Waals surface area contributed by atoms with Crippen molar-refractivity contribution >= 4 is 17.7 Å². The van der Waals surface area contributed by atoms with Gasteiger partial charge in [-0.15, -0.1) is 0 Å². The van der Waals surface area contributed by atoms with E-state index in [1.807, 2.05) is 0 Å². The van der Waals surface area contributed by atoms with Crippen LogP contribution in [0.25, 0.3) is 0 Å². The number of anilines is 1. The molecule has 1 saturated carbocycles. The van der Waals surface area contributed by atoms with Crippen LogP contribution in [0.2, 0.25) is 0 Å². The predicted molar refractivity (Wildman–Crippen MR) is 91.4 cm³/mol. The Hall–Kier alpha value is -2.18. The fourth-order valence-corrected chi connectivity index (χ4v) is 4.36. The molecule has 2 saturated heterocycles. The minimum absolute atomic E-state index is 0.0355. The zero-order valence-electron chi connectivity index (χ0n) is 14.4. The summed E-state index contributed by atoms with van der Waals surface area (Å²) in [6.45, 7) is 3.57. The largest absolute Gasteiger partial charge is 0.476 e. The van der Waals surface area contributed by atoms with Gasteiger partial charge in [0, 0.05) is 32.1 Å². The number of carbonyl (C=O) groups excluding carboxylic acids is 1. The van der Waals surface area contributed by atoms with Crippen molar-refractivity contribution in [3.8, 4) is 0 Å². The Labute approximate surface area is 147 Å². The molecule has 0 aromatic carbocycles. The van der Waals surface area contributed by atoms with Crippen LogP contribution in [0.15, 0.2) is 12.4 Å². The van der Waals surface area contributed by atoms with Crippen LogP contribution in [0, 0.1) is 11.3 Å². The predicted octanol–water partition coefficient (Wildman–Crippen LogP) is 1.79. The van der Waals surface area contributed by atoms with Gasteiger partial charge in [-0.05, 0) is 43.9 Å². The van der Waals surface area contributed by atoms with Crippen LogP contribution in [0.1, 0.15) is 49.0 Å². The van der Waals surface area contributed by atoms with Crippen molar-refractivity contribution in [1.29, 1.82) is 0 Å². The molecule has 3 fully saturated rings. The molecule has 4 rings (SSSR count). The van der Waals surface area contributed by atoms with Crippen molar-refractivity contribution in [2.24, 2.45) is 11.3 Å². The van der Waals surface area contributed by atoms with Crippen LogP contribution in [-0.4, -0.2) is 58.0 Å². The molecule has 0 radical (unpaired) electrons. The van der Waals surface area contributed by atoms with Crippen molar-refractivity contribution in [2.75, 3.05) is 31.1 Å². The number of piperidine rings is 2. The lowest BCUT2D eigenvalue weighted by atomic mass is 9.90. The molecule has 1 aromatic heterocycles. The van der Waals surface area contributed by atoms with Gasteiger partial charge in [-0.3, -0.25) is 4.79 Å². The lowest BCUT2D eigenvalue weighted by Gasteiger charge is -2.34. The Bertz CT molecular complexity index is 661. The van der Waals surface area contributed by atoms with Crippen LogP contribution in [-0.2, 0) is 4.79 Å². The number of aromatic nitrogens is 2. The van der Waals surface area contributed by atoms with E-state index in [0.29, 0.717) is 5.91 Å². The molecule has 7 nitrogen and oxygen atoms in total. The van der Waals surface area contributed by atoms with Crippen LogP contribution < -0.4 is 4.90 Å². The molecule has 1 aliphatic carbocycles. The SMILES string of the molecule is O=C(O)c1cnc(N2CCC3(CC2)CC3C(=O)N2CCCCC2)cn1. The number of carboxylic acid groups (broad SMARTS) is 1. The highest BCUT2D eigenvalue weighted by atomic mass is 16.4. The first-order chi connectivity index (χ1) is 12.1. The average molecular weight is 344 g/mol. The number of likely N-dealkylation sites (tertiary alicyclic amines) is 1. The van der Waals surface area contributed by atoms with Crippen LogP contribution in [0.3, 0.4) is 0 Å². The highest BCUT2D eigenvalue weighted by molar-refractivity contribution is 5.85. The van der Waals surface area contributed by atoms with Crippen LogP contribution >= 0.6 is 0 Å². The fraction of sp³-hybridized carbons (Fsp3) is 0.667. The van der Waals surface area contributed by atoms with E-state index in [1.165, 1.54) is 18.8 Å². The Morgan fingerprint density at radius 3 is 2.36 bits per heavy atom. The minimum atomic E-state index is -1.06. The zero-order chi connectivity index (χ0) is 17.4. The molecule has 2 aliphatic heterocycles. The Morgan fingerprint density at radius 1 is 1.04 bits per heavy atom. The van der Waals surface area contributed by atoms with Gasteiger partial charge in [0.2, 0.25) is 5.91 Å². The Balaban J connectivity index is 1.34. The summed E-state index contributed by atoms with van der Waals surface area (Å²) in [6, 6.07) is 0. The molecular weight excluding hydrogens is 320 g/mol. The summed E-state index contributed by atoms with van der Waals surface area (Å²) in [5, 5.41) is 8.90. The highest BCUT2D eigenvalue weighted by Crippen LogP contribution is 2.60. The maximum absolute atomic E-state index is 12.7. The first kappa shape index (κ1) is 16.3. The van der Waals surface area contributed by atoms with Gasteiger partial charge in [0.05, 0.1) is 12.4 Å². The zero-order valence-corrected chi connectivity index (χ0v) is 14.4. The lowest BCUT2D eigenvalue weighted by molar-refractivity contribution is -0.134. The summed E-state index contributed by atoms with van der Waals surface area (Å²) in [4.78, 5) is 36.0. The van der Waals surface area contributed by atoms with Crippen molar-refractivity contribution in [3.63, 3.8) is 0 Å². The average Bonchev–Trinajstić information content (AvgIpc) is 3.36. The smallest absolute Gasteiger partial charge is 0.356 e. The van der Waals surface area contributed by atoms with Crippen molar-refractivity contribution in [1.82, 2.24) is 14.9 Å². The van der Waals surface area contributed by atoms with E-state index in [2.05, 4.69) is 19.8 Å². The van der Waals surface area contributed by atoms with Crippen molar-refractivity contribution in [3.05, 3.63) is 18.1 Å². The lowest BCUT2D eigenvalue weighted by Crippen LogP contribution is -2.40. The van der Waals surface area contributed by atoms with Gasteiger partial charge in [0.15, 0.2) is 5.69 Å². The standard InChI is InChI=1S/C18H24N4O3/c23-16(22-6-2-1-3-7-22)13-10-18(13)4-8-21(9-5-18)15-12-19-14(11-20-15)17(24)25/h11-13H,1-10H2,(H,24,25). The molecular formula is C18H24N4O3. The molecule has 1 aromatic rings. The fourth-order valence-electron chi connectivity index (χ4n) is 4.36. The van der Waals surface area contributed by atoms with E-state index >= 15 is 0 Å². The summed E-state index contributed by atoms with van der Waals surface area (Å²) in [5.74, 6) is 0.250. The molecule has 7 heteroatoms. The highest BCUT2D eigenvalue weighted by Gasteiger charge is 2.59. The molecule has 1 N–H and O–H groups in total.